The molecule has 0 bridgehead atoms. The second-order valence-corrected chi connectivity index (χ2v) is 5.11. The fourth-order valence-corrected chi connectivity index (χ4v) is 2.15. The molecule has 0 saturated carbocycles. The van der Waals surface area contributed by atoms with Crippen LogP contribution in [0.15, 0.2) is 61.3 Å². The molecule has 0 saturated heterocycles. The van der Waals surface area contributed by atoms with Gasteiger partial charge < -0.3 is 9.30 Å². The van der Waals surface area contributed by atoms with E-state index in [0.717, 1.165) is 17.3 Å². The molecule has 1 aromatic carbocycles. The molecule has 3 nitrogen and oxygen atoms in total. The Morgan fingerprint density at radius 3 is 2.35 bits per heavy atom. The normalized spacial score (nSPS) is 10.4. The van der Waals surface area contributed by atoms with Crippen LogP contribution in [0.4, 0.5) is 0 Å². The van der Waals surface area contributed by atoms with Gasteiger partial charge in [-0.2, -0.15) is 0 Å². The molecule has 0 fully saturated rings. The predicted octanol–water partition coefficient (Wildman–Crippen LogP) is 6.64. The van der Waals surface area contributed by atoms with Crippen LogP contribution in [0, 0.1) is 5.92 Å². The van der Waals surface area contributed by atoms with E-state index in [-0.39, 0.29) is 12.5 Å². The van der Waals surface area contributed by atoms with Gasteiger partial charge in [-0.3, -0.25) is 4.79 Å². The molecule has 0 aliphatic rings. The van der Waals surface area contributed by atoms with Crippen LogP contribution in [0.25, 0.3) is 10.9 Å². The van der Waals surface area contributed by atoms with Crippen LogP contribution in [0.1, 0.15) is 48.0 Å². The Labute approximate surface area is 160 Å². The smallest absolute Gasteiger partial charge is 0.325 e. The number of methoxy groups -OCH3 is 1. The van der Waals surface area contributed by atoms with Crippen LogP contribution in [0.5, 0.6) is 0 Å². The van der Waals surface area contributed by atoms with Gasteiger partial charge in [-0.1, -0.05) is 71.0 Å². The Morgan fingerprint density at radius 2 is 1.81 bits per heavy atom. The van der Waals surface area contributed by atoms with Gasteiger partial charge in [0.25, 0.3) is 0 Å². The summed E-state index contributed by atoms with van der Waals surface area (Å²) in [5.41, 5.74) is 1.05. The highest BCUT2D eigenvalue weighted by atomic mass is 16.5. The van der Waals surface area contributed by atoms with E-state index in [1.165, 1.54) is 7.11 Å². The Kier molecular flexibility index (Phi) is 17.5. The highest BCUT2D eigenvalue weighted by molar-refractivity contribution is 5.81. The molecule has 1 heterocycles. The second-order valence-electron chi connectivity index (χ2n) is 5.11. The van der Waals surface area contributed by atoms with E-state index in [2.05, 4.69) is 30.4 Å². The fourth-order valence-electron chi connectivity index (χ4n) is 2.15. The number of ether oxygens (including phenoxy) is 1. The number of hydrogen-bond acceptors (Lipinski definition) is 2. The molecule has 26 heavy (non-hydrogen) atoms. The van der Waals surface area contributed by atoms with Crippen LogP contribution in [0.2, 0.25) is 0 Å². The third-order valence-corrected chi connectivity index (χ3v) is 3.27. The molecule has 0 spiro atoms. The average molecular weight is 360 g/mol. The molecule has 0 amide bonds. The molecular formula is C23H37NO2. The molecule has 0 aliphatic carbocycles. The van der Waals surface area contributed by atoms with E-state index >= 15 is 0 Å². The SMILES string of the molecule is C=CCC(C)/C=C\C.CC.CC.COC(=O)Cn1ccc2ccccc21. The summed E-state index contributed by atoms with van der Waals surface area (Å²) in [5, 5.41) is 1.14. The zero-order valence-corrected chi connectivity index (χ0v) is 17.7. The van der Waals surface area contributed by atoms with Crippen molar-refractivity contribution in [3.05, 3.63) is 61.3 Å². The lowest BCUT2D eigenvalue weighted by Gasteiger charge is -2.02. The number of carbonyl (C=O) groups excluding carboxylic acids is 1. The summed E-state index contributed by atoms with van der Waals surface area (Å²) in [6.45, 7) is 16.1. The first-order valence-electron chi connectivity index (χ1n) is 9.46. The first-order valence-corrected chi connectivity index (χ1v) is 9.46. The Morgan fingerprint density at radius 1 is 1.19 bits per heavy atom. The molecule has 1 aromatic heterocycles. The van der Waals surface area contributed by atoms with Gasteiger partial charge in [0.1, 0.15) is 6.54 Å². The van der Waals surface area contributed by atoms with Gasteiger partial charge >= 0.3 is 5.97 Å². The van der Waals surface area contributed by atoms with Crippen molar-refractivity contribution in [1.29, 1.82) is 0 Å². The first kappa shape index (κ1) is 25.9. The molecule has 0 aliphatic heterocycles. The Hall–Kier alpha value is -2.29. The maximum atomic E-state index is 11.1. The van der Waals surface area contributed by atoms with Crippen molar-refractivity contribution >= 4 is 16.9 Å². The van der Waals surface area contributed by atoms with Crippen LogP contribution in [-0.4, -0.2) is 17.6 Å². The molecule has 1 atom stereocenters. The molecule has 3 heteroatoms. The summed E-state index contributed by atoms with van der Waals surface area (Å²) < 4.78 is 6.49. The van der Waals surface area contributed by atoms with Crippen molar-refractivity contribution in [2.45, 2.75) is 54.5 Å². The minimum Gasteiger partial charge on any atom is -0.468 e. The number of fused-ring (bicyclic) bond motifs is 1. The van der Waals surface area contributed by atoms with Gasteiger partial charge in [0.2, 0.25) is 0 Å². The number of carbonyl (C=O) groups is 1. The van der Waals surface area contributed by atoms with Crippen molar-refractivity contribution in [1.82, 2.24) is 4.57 Å². The first-order chi connectivity index (χ1) is 12.6. The summed E-state index contributed by atoms with van der Waals surface area (Å²) in [6, 6.07) is 9.92. The van der Waals surface area contributed by atoms with E-state index in [4.69, 9.17) is 0 Å². The molecular weight excluding hydrogens is 322 g/mol. The fraction of sp³-hybridized carbons (Fsp3) is 0.435. The lowest BCUT2D eigenvalue weighted by molar-refractivity contribution is -0.141. The van der Waals surface area contributed by atoms with Crippen LogP contribution < -0.4 is 0 Å². The lowest BCUT2D eigenvalue weighted by atomic mass is 10.1. The summed E-state index contributed by atoms with van der Waals surface area (Å²) in [5.74, 6) is 0.434. The summed E-state index contributed by atoms with van der Waals surface area (Å²) in [6.07, 6.45) is 9.19. The third-order valence-electron chi connectivity index (χ3n) is 3.27. The Bertz CT molecular complexity index is 626. The quantitative estimate of drug-likeness (QED) is 0.442. The molecule has 0 N–H and O–H groups in total. The number of hydrogen-bond donors (Lipinski definition) is 0. The van der Waals surface area contributed by atoms with E-state index < -0.39 is 0 Å². The zero-order chi connectivity index (χ0) is 20.4. The number of nitrogens with zero attached hydrogens (tertiary/aromatic N) is 1. The number of esters is 1. The van der Waals surface area contributed by atoms with Crippen molar-refractivity contribution in [3.63, 3.8) is 0 Å². The van der Waals surface area contributed by atoms with Crippen LogP contribution in [-0.2, 0) is 16.1 Å². The lowest BCUT2D eigenvalue weighted by Crippen LogP contribution is -2.10. The van der Waals surface area contributed by atoms with Crippen molar-refractivity contribution in [3.8, 4) is 0 Å². The minimum absolute atomic E-state index is 0.230. The highest BCUT2D eigenvalue weighted by Crippen LogP contribution is 2.14. The number of allylic oxidation sites excluding steroid dienone is 3. The van der Waals surface area contributed by atoms with Gasteiger partial charge in [0, 0.05) is 11.7 Å². The van der Waals surface area contributed by atoms with Gasteiger partial charge in [-0.15, -0.1) is 6.58 Å². The van der Waals surface area contributed by atoms with Gasteiger partial charge in [0.05, 0.1) is 7.11 Å². The summed E-state index contributed by atoms with van der Waals surface area (Å²) >= 11 is 0. The van der Waals surface area contributed by atoms with Crippen molar-refractivity contribution < 1.29 is 9.53 Å². The third kappa shape index (κ3) is 10.5. The average Bonchev–Trinajstić information content (AvgIpc) is 3.09. The van der Waals surface area contributed by atoms with Crippen LogP contribution >= 0.6 is 0 Å². The maximum absolute atomic E-state index is 11.1. The number of benzene rings is 1. The minimum atomic E-state index is -0.230. The van der Waals surface area contributed by atoms with Gasteiger partial charge in [-0.25, -0.2) is 0 Å². The standard InChI is InChI=1S/C11H11NO2.C8H14.2C2H6/c1-14-11(13)8-12-7-6-9-4-2-3-5-10(9)12;1-4-6-8(3)7-5-2;2*1-2/h2-7H,8H2,1H3;4-5,7-8H,1,6H2,2-3H3;2*1-2H3/b;7-5-;;. The Balaban J connectivity index is 0. The van der Waals surface area contributed by atoms with Crippen LogP contribution in [0.3, 0.4) is 0 Å². The summed E-state index contributed by atoms with van der Waals surface area (Å²) in [4.78, 5) is 11.1. The number of rotatable bonds is 5. The largest absolute Gasteiger partial charge is 0.468 e. The van der Waals surface area contributed by atoms with E-state index in [1.54, 1.807) is 0 Å². The van der Waals surface area contributed by atoms with E-state index in [9.17, 15) is 4.79 Å². The van der Waals surface area contributed by atoms with E-state index in [0.29, 0.717) is 5.92 Å². The number of para-hydroxylation sites is 1. The van der Waals surface area contributed by atoms with Gasteiger partial charge in [0.15, 0.2) is 0 Å². The van der Waals surface area contributed by atoms with Crippen molar-refractivity contribution in [2.75, 3.05) is 7.11 Å². The molecule has 0 radical (unpaired) electrons. The van der Waals surface area contributed by atoms with E-state index in [1.807, 2.05) is 81.8 Å². The second kappa shape index (κ2) is 17.5. The van der Waals surface area contributed by atoms with Crippen molar-refractivity contribution in [2.24, 2.45) is 5.92 Å². The molecule has 1 unspecified atom stereocenters. The molecule has 146 valence electrons. The topological polar surface area (TPSA) is 31.2 Å². The van der Waals surface area contributed by atoms with Gasteiger partial charge in [-0.05, 0) is 36.8 Å². The molecule has 2 aromatic rings. The number of aromatic nitrogens is 1. The monoisotopic (exact) mass is 359 g/mol. The summed E-state index contributed by atoms with van der Waals surface area (Å²) in [7, 11) is 1.40. The molecule has 2 rings (SSSR count). The zero-order valence-electron chi connectivity index (χ0n) is 17.7. The highest BCUT2D eigenvalue weighted by Gasteiger charge is 2.04. The maximum Gasteiger partial charge on any atom is 0.325 e. The predicted molar refractivity (Wildman–Crippen MR) is 115 cm³/mol.